The predicted molar refractivity (Wildman–Crippen MR) is 161 cm³/mol. The quantitative estimate of drug-likeness (QED) is 0.123. The molecule has 2 aromatic rings. The van der Waals surface area contributed by atoms with Gasteiger partial charge in [-0.3, -0.25) is 0 Å². The number of aromatic nitrogens is 2. The molecule has 0 amide bonds. The minimum absolute atomic E-state index is 0.150. The van der Waals surface area contributed by atoms with Crippen molar-refractivity contribution in [3.05, 3.63) is 42.0 Å². The van der Waals surface area contributed by atoms with Crippen LogP contribution in [0.4, 0.5) is 8.78 Å². The standard InChI is InChI=1S/C34H54F2N2O/c1-3-5-7-9-10-11-12-13-14-15-17-18-20-29-27-37-34(38-28-29)30-22-23-33(32(36)26-30)39-25-24-31(35)21-19-16-8-6-4-2/h22-23,26-28,31H,3-21,24-25H2,1-2H3. The van der Waals surface area contributed by atoms with Crippen LogP contribution in [0.5, 0.6) is 5.75 Å². The number of alkyl halides is 1. The van der Waals surface area contributed by atoms with Crippen molar-refractivity contribution in [1.82, 2.24) is 9.97 Å². The fourth-order valence-corrected chi connectivity index (χ4v) is 4.97. The zero-order valence-electron chi connectivity index (χ0n) is 24.9. The summed E-state index contributed by atoms with van der Waals surface area (Å²) in [6, 6.07) is 4.75. The zero-order chi connectivity index (χ0) is 28.0. The molecule has 0 aliphatic rings. The van der Waals surface area contributed by atoms with Gasteiger partial charge in [0.05, 0.1) is 6.61 Å². The van der Waals surface area contributed by atoms with Gasteiger partial charge in [-0.05, 0) is 43.0 Å². The molecule has 39 heavy (non-hydrogen) atoms. The van der Waals surface area contributed by atoms with E-state index in [4.69, 9.17) is 4.74 Å². The molecular weight excluding hydrogens is 490 g/mol. The predicted octanol–water partition coefficient (Wildman–Crippen LogP) is 11.0. The minimum atomic E-state index is -0.893. The van der Waals surface area contributed by atoms with Crippen LogP contribution in [0, 0.1) is 5.82 Å². The first kappa shape index (κ1) is 33.2. The maximum Gasteiger partial charge on any atom is 0.165 e. The van der Waals surface area contributed by atoms with Crippen LogP contribution in [0.15, 0.2) is 30.6 Å². The normalized spacial score (nSPS) is 12.1. The van der Waals surface area contributed by atoms with Crippen molar-refractivity contribution in [3.63, 3.8) is 0 Å². The van der Waals surface area contributed by atoms with E-state index in [1.54, 1.807) is 12.1 Å². The Morgan fingerprint density at radius 1 is 0.692 bits per heavy atom. The molecule has 2 rings (SSSR count). The summed E-state index contributed by atoms with van der Waals surface area (Å²) in [5.74, 6) is 0.190. The van der Waals surface area contributed by atoms with Crippen LogP contribution in [-0.4, -0.2) is 22.7 Å². The third-order valence-corrected chi connectivity index (χ3v) is 7.52. The summed E-state index contributed by atoms with van der Waals surface area (Å²) in [5, 5.41) is 0. The Morgan fingerprint density at radius 2 is 1.23 bits per heavy atom. The van der Waals surface area contributed by atoms with Gasteiger partial charge in [0.25, 0.3) is 0 Å². The SMILES string of the molecule is CCCCCCCCCCCCCCc1cnc(-c2ccc(OCCC(F)CCCCCCC)c(F)c2)nc1. The van der Waals surface area contributed by atoms with Gasteiger partial charge in [0, 0.05) is 24.4 Å². The first-order valence-corrected chi connectivity index (χ1v) is 16.0. The zero-order valence-corrected chi connectivity index (χ0v) is 24.9. The Labute approximate surface area is 237 Å². The molecule has 0 N–H and O–H groups in total. The average molecular weight is 545 g/mol. The van der Waals surface area contributed by atoms with Crippen molar-refractivity contribution in [1.29, 1.82) is 0 Å². The number of aryl methyl sites for hydroxylation is 1. The molecule has 0 fully saturated rings. The number of nitrogens with zero attached hydrogens (tertiary/aromatic N) is 2. The molecule has 1 unspecified atom stereocenters. The molecule has 220 valence electrons. The highest BCUT2D eigenvalue weighted by Gasteiger charge is 2.11. The first-order chi connectivity index (χ1) is 19.1. The third-order valence-electron chi connectivity index (χ3n) is 7.52. The Hall–Kier alpha value is -2.04. The second-order valence-corrected chi connectivity index (χ2v) is 11.1. The summed E-state index contributed by atoms with van der Waals surface area (Å²) < 4.78 is 34.2. The average Bonchev–Trinajstić information content (AvgIpc) is 2.94. The van der Waals surface area contributed by atoms with Gasteiger partial charge in [0.1, 0.15) is 6.17 Å². The maximum absolute atomic E-state index is 14.6. The molecule has 1 atom stereocenters. The molecule has 0 aliphatic heterocycles. The van der Waals surface area contributed by atoms with Gasteiger partial charge in [0.2, 0.25) is 0 Å². The van der Waals surface area contributed by atoms with Crippen molar-refractivity contribution in [2.75, 3.05) is 6.61 Å². The first-order valence-electron chi connectivity index (χ1n) is 16.0. The summed E-state index contributed by atoms with van der Waals surface area (Å²) >= 11 is 0. The molecule has 5 heteroatoms. The van der Waals surface area contributed by atoms with E-state index in [-0.39, 0.29) is 12.4 Å². The van der Waals surface area contributed by atoms with Gasteiger partial charge in [-0.25, -0.2) is 18.7 Å². The molecule has 1 heterocycles. The fourth-order valence-electron chi connectivity index (χ4n) is 4.97. The van der Waals surface area contributed by atoms with E-state index in [0.717, 1.165) is 31.2 Å². The number of halogens is 2. The van der Waals surface area contributed by atoms with Gasteiger partial charge in [0.15, 0.2) is 17.4 Å². The number of unbranched alkanes of at least 4 members (excludes halogenated alkanes) is 15. The van der Waals surface area contributed by atoms with E-state index >= 15 is 0 Å². The molecule has 0 radical (unpaired) electrons. The topological polar surface area (TPSA) is 35.0 Å². The second kappa shape index (κ2) is 21.7. The minimum Gasteiger partial charge on any atom is -0.490 e. The van der Waals surface area contributed by atoms with Crippen LogP contribution in [0.3, 0.4) is 0 Å². The molecule has 0 aliphatic carbocycles. The molecule has 0 spiro atoms. The van der Waals surface area contributed by atoms with Gasteiger partial charge in [-0.15, -0.1) is 0 Å². The second-order valence-electron chi connectivity index (χ2n) is 11.1. The van der Waals surface area contributed by atoms with Crippen molar-refractivity contribution in [3.8, 4) is 17.1 Å². The number of hydrogen-bond donors (Lipinski definition) is 0. The van der Waals surface area contributed by atoms with Crippen molar-refractivity contribution < 1.29 is 13.5 Å². The van der Waals surface area contributed by atoms with E-state index in [0.29, 0.717) is 24.2 Å². The van der Waals surface area contributed by atoms with E-state index in [2.05, 4.69) is 23.8 Å². The summed E-state index contributed by atoms with van der Waals surface area (Å²) in [5.41, 5.74) is 1.74. The highest BCUT2D eigenvalue weighted by atomic mass is 19.1. The van der Waals surface area contributed by atoms with Crippen LogP contribution >= 0.6 is 0 Å². The molecule has 3 nitrogen and oxygen atoms in total. The monoisotopic (exact) mass is 544 g/mol. The lowest BCUT2D eigenvalue weighted by Gasteiger charge is -2.11. The van der Waals surface area contributed by atoms with Crippen molar-refractivity contribution >= 4 is 0 Å². The summed E-state index contributed by atoms with van der Waals surface area (Å²) in [6.45, 7) is 4.62. The summed E-state index contributed by atoms with van der Waals surface area (Å²) in [6.07, 6.45) is 26.3. The van der Waals surface area contributed by atoms with Gasteiger partial charge >= 0.3 is 0 Å². The van der Waals surface area contributed by atoms with Gasteiger partial charge in [-0.2, -0.15) is 0 Å². The number of rotatable bonds is 24. The number of ether oxygens (including phenoxy) is 1. The molecule has 0 bridgehead atoms. The van der Waals surface area contributed by atoms with Crippen molar-refractivity contribution in [2.45, 2.75) is 148 Å². The highest BCUT2D eigenvalue weighted by Crippen LogP contribution is 2.24. The molecular formula is C34H54F2N2O. The molecule has 0 saturated heterocycles. The van der Waals surface area contributed by atoms with E-state index in [1.165, 1.54) is 96.0 Å². The van der Waals surface area contributed by atoms with Crippen LogP contribution in [-0.2, 0) is 6.42 Å². The van der Waals surface area contributed by atoms with Crippen LogP contribution < -0.4 is 4.74 Å². The Bertz CT molecular complexity index is 859. The third kappa shape index (κ3) is 15.4. The Kier molecular flexibility index (Phi) is 18.5. The highest BCUT2D eigenvalue weighted by molar-refractivity contribution is 5.56. The lowest BCUT2D eigenvalue weighted by Crippen LogP contribution is -2.08. The smallest absolute Gasteiger partial charge is 0.165 e. The number of hydrogen-bond acceptors (Lipinski definition) is 3. The summed E-state index contributed by atoms with van der Waals surface area (Å²) in [4.78, 5) is 8.92. The Morgan fingerprint density at radius 3 is 1.79 bits per heavy atom. The molecule has 1 aromatic heterocycles. The van der Waals surface area contributed by atoms with Gasteiger partial charge in [-0.1, -0.05) is 117 Å². The summed E-state index contributed by atoms with van der Waals surface area (Å²) in [7, 11) is 0. The maximum atomic E-state index is 14.6. The van der Waals surface area contributed by atoms with Crippen LogP contribution in [0.1, 0.15) is 141 Å². The van der Waals surface area contributed by atoms with Crippen LogP contribution in [0.2, 0.25) is 0 Å². The number of benzene rings is 1. The Balaban J connectivity index is 1.60. The largest absolute Gasteiger partial charge is 0.490 e. The molecule has 1 aromatic carbocycles. The lowest BCUT2D eigenvalue weighted by molar-refractivity contribution is 0.217. The van der Waals surface area contributed by atoms with Crippen LogP contribution in [0.25, 0.3) is 11.4 Å². The fraction of sp³-hybridized carbons (Fsp3) is 0.706. The van der Waals surface area contributed by atoms with E-state index in [9.17, 15) is 8.78 Å². The lowest BCUT2D eigenvalue weighted by atomic mass is 10.0. The molecule has 0 saturated carbocycles. The van der Waals surface area contributed by atoms with Gasteiger partial charge < -0.3 is 4.74 Å². The van der Waals surface area contributed by atoms with Crippen molar-refractivity contribution in [2.24, 2.45) is 0 Å². The van der Waals surface area contributed by atoms with E-state index in [1.807, 2.05) is 12.4 Å². The van der Waals surface area contributed by atoms with E-state index < -0.39 is 12.0 Å².